The fourth-order valence-corrected chi connectivity index (χ4v) is 4.65. The van der Waals surface area contributed by atoms with E-state index in [0.717, 1.165) is 6.42 Å². The van der Waals surface area contributed by atoms with Crippen LogP contribution in [0.25, 0.3) is 0 Å². The molecule has 9 atom stereocenters. The summed E-state index contributed by atoms with van der Waals surface area (Å²) in [5.41, 5.74) is -0.129. The molecule has 0 radical (unpaired) electrons. The minimum atomic E-state index is -1.47. The van der Waals surface area contributed by atoms with Crippen LogP contribution in [0.3, 0.4) is 0 Å². The molecule has 0 spiro atoms. The Hall–Kier alpha value is -0.320. The molecule has 0 bridgehead atoms. The molecule has 2 fully saturated rings. The minimum absolute atomic E-state index is 0.00475. The Bertz CT molecular complexity index is 455. The van der Waals surface area contributed by atoms with Gasteiger partial charge in [0.25, 0.3) is 0 Å². The van der Waals surface area contributed by atoms with Gasteiger partial charge in [-0.1, -0.05) is 13.8 Å². The van der Waals surface area contributed by atoms with Gasteiger partial charge in [-0.15, -0.1) is 0 Å². The minimum Gasteiger partial charge on any atom is -0.394 e. The molecule has 2 aliphatic rings. The van der Waals surface area contributed by atoms with E-state index in [9.17, 15) is 30.6 Å². The van der Waals surface area contributed by atoms with Gasteiger partial charge in [-0.25, -0.2) is 0 Å². The Morgan fingerprint density at radius 1 is 1.11 bits per heavy atom. The first-order valence-electron chi connectivity index (χ1n) is 9.85. The molecule has 8 nitrogen and oxygen atoms in total. The summed E-state index contributed by atoms with van der Waals surface area (Å²) < 4.78 is 11.1. The van der Waals surface area contributed by atoms with Crippen molar-refractivity contribution in [2.24, 2.45) is 17.3 Å². The van der Waals surface area contributed by atoms with Gasteiger partial charge < -0.3 is 40.1 Å². The number of hydrogen-bond acceptors (Lipinski definition) is 8. The monoisotopic (exact) mass is 392 g/mol. The summed E-state index contributed by atoms with van der Waals surface area (Å²) in [4.78, 5) is 0. The summed E-state index contributed by atoms with van der Waals surface area (Å²) in [5.74, 6) is 0.204. The number of aliphatic hydroxyl groups excluding tert-OH is 6. The van der Waals surface area contributed by atoms with Crippen molar-refractivity contribution in [3.8, 4) is 0 Å². The number of ether oxygens (including phenoxy) is 2. The smallest absolute Gasteiger partial charge is 0.186 e. The van der Waals surface area contributed by atoms with Crippen LogP contribution >= 0.6 is 0 Å². The summed E-state index contributed by atoms with van der Waals surface area (Å²) in [5, 5.41) is 59.1. The molecule has 8 heteroatoms. The molecule has 1 saturated heterocycles. The number of hydrogen-bond donors (Lipinski definition) is 6. The number of rotatable bonds is 7. The van der Waals surface area contributed by atoms with Gasteiger partial charge in [-0.05, 0) is 49.9 Å². The van der Waals surface area contributed by atoms with Crippen molar-refractivity contribution < 1.29 is 40.1 Å². The highest BCUT2D eigenvalue weighted by molar-refractivity contribution is 4.93. The standard InChI is InChI=1S/C19H36O8/c1-10(21)4-5-13-11(6-12(22)7-19(13,2)3)9-26-18-17(25)16(24)15(23)14(8-20)27-18/h10-18,20-25H,4-9H2,1-3H3/t10-,11+,12-,13+,14+,15+,16-,17+,18+/m0/s1. The second kappa shape index (κ2) is 9.45. The zero-order valence-corrected chi connectivity index (χ0v) is 16.4. The Morgan fingerprint density at radius 3 is 2.37 bits per heavy atom. The molecule has 1 heterocycles. The third-order valence-electron chi connectivity index (χ3n) is 6.13. The predicted molar refractivity (Wildman–Crippen MR) is 96.6 cm³/mol. The van der Waals surface area contributed by atoms with Crippen molar-refractivity contribution in [3.63, 3.8) is 0 Å². The van der Waals surface area contributed by atoms with Crippen molar-refractivity contribution in [1.29, 1.82) is 0 Å². The van der Waals surface area contributed by atoms with Gasteiger partial charge >= 0.3 is 0 Å². The molecular weight excluding hydrogens is 356 g/mol. The summed E-state index contributed by atoms with van der Waals surface area (Å²) in [7, 11) is 0. The van der Waals surface area contributed by atoms with Gasteiger partial charge in [0.2, 0.25) is 0 Å². The van der Waals surface area contributed by atoms with Crippen molar-refractivity contribution in [1.82, 2.24) is 0 Å². The first kappa shape index (κ1) is 23.0. The third kappa shape index (κ3) is 5.61. The highest BCUT2D eigenvalue weighted by atomic mass is 16.7. The van der Waals surface area contributed by atoms with Crippen molar-refractivity contribution in [2.75, 3.05) is 13.2 Å². The van der Waals surface area contributed by atoms with Gasteiger partial charge in [0.15, 0.2) is 6.29 Å². The lowest BCUT2D eigenvalue weighted by molar-refractivity contribution is -0.305. The molecular formula is C19H36O8. The van der Waals surface area contributed by atoms with E-state index in [0.29, 0.717) is 19.3 Å². The van der Waals surface area contributed by atoms with Gasteiger partial charge in [0.05, 0.1) is 25.4 Å². The first-order chi connectivity index (χ1) is 12.6. The van der Waals surface area contributed by atoms with E-state index in [1.807, 2.05) is 0 Å². The molecule has 1 saturated carbocycles. The predicted octanol–water partition coefficient (Wildman–Crippen LogP) is -0.623. The van der Waals surface area contributed by atoms with Crippen LogP contribution in [0.4, 0.5) is 0 Å². The van der Waals surface area contributed by atoms with Gasteiger partial charge in [-0.3, -0.25) is 0 Å². The summed E-state index contributed by atoms with van der Waals surface area (Å²) in [6.45, 7) is 5.65. The molecule has 27 heavy (non-hydrogen) atoms. The van der Waals surface area contributed by atoms with Crippen LogP contribution < -0.4 is 0 Å². The van der Waals surface area contributed by atoms with Gasteiger partial charge in [0.1, 0.15) is 24.4 Å². The van der Waals surface area contributed by atoms with E-state index < -0.39 is 49.5 Å². The zero-order valence-electron chi connectivity index (χ0n) is 16.4. The largest absolute Gasteiger partial charge is 0.394 e. The Labute approximate surface area is 160 Å². The average molecular weight is 392 g/mol. The van der Waals surface area contributed by atoms with Crippen LogP contribution in [0.1, 0.15) is 46.5 Å². The quantitative estimate of drug-likeness (QED) is 0.337. The Morgan fingerprint density at radius 2 is 1.78 bits per heavy atom. The molecule has 6 N–H and O–H groups in total. The highest BCUT2D eigenvalue weighted by Crippen LogP contribution is 2.47. The van der Waals surface area contributed by atoms with E-state index in [-0.39, 0.29) is 23.9 Å². The average Bonchev–Trinajstić information content (AvgIpc) is 2.57. The topological polar surface area (TPSA) is 140 Å². The maximum absolute atomic E-state index is 10.3. The van der Waals surface area contributed by atoms with Crippen LogP contribution in [0, 0.1) is 17.3 Å². The van der Waals surface area contributed by atoms with E-state index in [4.69, 9.17) is 9.47 Å². The number of aliphatic hydroxyl groups is 6. The Kier molecular flexibility index (Phi) is 8.04. The zero-order chi connectivity index (χ0) is 20.4. The molecule has 0 aromatic heterocycles. The van der Waals surface area contributed by atoms with Crippen LogP contribution in [-0.4, -0.2) is 86.8 Å². The first-order valence-corrected chi connectivity index (χ1v) is 9.85. The Balaban J connectivity index is 2.03. The highest BCUT2D eigenvalue weighted by Gasteiger charge is 2.46. The molecule has 0 aromatic rings. The van der Waals surface area contributed by atoms with Crippen LogP contribution in [0.15, 0.2) is 0 Å². The third-order valence-corrected chi connectivity index (χ3v) is 6.13. The lowest BCUT2D eigenvalue weighted by atomic mass is 9.61. The van der Waals surface area contributed by atoms with Crippen molar-refractivity contribution in [3.05, 3.63) is 0 Å². The van der Waals surface area contributed by atoms with E-state index in [1.165, 1.54) is 0 Å². The molecule has 0 amide bonds. The fraction of sp³-hybridized carbons (Fsp3) is 1.00. The van der Waals surface area contributed by atoms with Crippen LogP contribution in [0.5, 0.6) is 0 Å². The summed E-state index contributed by atoms with van der Waals surface area (Å²) in [6, 6.07) is 0. The molecule has 0 unspecified atom stereocenters. The molecule has 0 aromatic carbocycles. The van der Waals surface area contributed by atoms with Gasteiger partial charge in [0, 0.05) is 0 Å². The molecule has 2 rings (SSSR count). The molecule has 1 aliphatic heterocycles. The van der Waals surface area contributed by atoms with Crippen molar-refractivity contribution >= 4 is 0 Å². The SMILES string of the molecule is C[C@H](O)CC[C@@H]1[C@@H](CO[C@@H]2O[C@H](CO)[C@@H](O)[C@H](O)[C@H]2O)C[C@H](O)CC1(C)C. The summed E-state index contributed by atoms with van der Waals surface area (Å²) in [6.07, 6.45) is -4.68. The van der Waals surface area contributed by atoms with E-state index >= 15 is 0 Å². The molecule has 160 valence electrons. The van der Waals surface area contributed by atoms with Crippen LogP contribution in [-0.2, 0) is 9.47 Å². The molecule has 1 aliphatic carbocycles. The normalized spacial score (nSPS) is 43.4. The second-order valence-corrected chi connectivity index (χ2v) is 8.91. The van der Waals surface area contributed by atoms with E-state index in [2.05, 4.69) is 13.8 Å². The maximum Gasteiger partial charge on any atom is 0.186 e. The van der Waals surface area contributed by atoms with Gasteiger partial charge in [-0.2, -0.15) is 0 Å². The van der Waals surface area contributed by atoms with Crippen LogP contribution in [0.2, 0.25) is 0 Å². The lowest BCUT2D eigenvalue weighted by Crippen LogP contribution is -2.59. The second-order valence-electron chi connectivity index (χ2n) is 8.91. The van der Waals surface area contributed by atoms with E-state index in [1.54, 1.807) is 6.92 Å². The maximum atomic E-state index is 10.3. The summed E-state index contributed by atoms with van der Waals surface area (Å²) >= 11 is 0. The lowest BCUT2D eigenvalue weighted by Gasteiger charge is -2.47. The van der Waals surface area contributed by atoms with Crippen molar-refractivity contribution in [2.45, 2.75) is 89.4 Å². The fourth-order valence-electron chi connectivity index (χ4n) is 4.65.